The van der Waals surface area contributed by atoms with Gasteiger partial charge in [-0.2, -0.15) is 0 Å². The topological polar surface area (TPSA) is 60.0 Å². The van der Waals surface area contributed by atoms with Gasteiger partial charge in [0.25, 0.3) is 0 Å². The number of rotatable bonds is 7. The summed E-state index contributed by atoms with van der Waals surface area (Å²) in [7, 11) is 0. The Morgan fingerprint density at radius 1 is 1.03 bits per heavy atom. The van der Waals surface area contributed by atoms with Crippen LogP contribution in [0.5, 0.6) is 11.5 Å². The zero-order valence-electron chi connectivity index (χ0n) is 17.4. The average molecular weight is 399 g/mol. The molecule has 7 nitrogen and oxygen atoms in total. The van der Waals surface area contributed by atoms with Crippen molar-refractivity contribution >= 4 is 5.95 Å². The SMILES string of the molecule is CCOc1ccc(CN2CCc3nc(N4CCOCC4)ncc3C2)cc1OCC. The lowest BCUT2D eigenvalue weighted by Crippen LogP contribution is -2.38. The van der Waals surface area contributed by atoms with E-state index in [0.29, 0.717) is 13.2 Å². The van der Waals surface area contributed by atoms with E-state index in [4.69, 9.17) is 19.2 Å². The Morgan fingerprint density at radius 3 is 2.62 bits per heavy atom. The number of nitrogens with zero attached hydrogens (tertiary/aromatic N) is 4. The lowest BCUT2D eigenvalue weighted by atomic mass is 10.1. The van der Waals surface area contributed by atoms with Crippen LogP contribution in [0.2, 0.25) is 0 Å². The number of benzene rings is 1. The van der Waals surface area contributed by atoms with Crippen molar-refractivity contribution in [1.82, 2.24) is 14.9 Å². The van der Waals surface area contributed by atoms with Crippen LogP contribution in [-0.2, 0) is 24.2 Å². The largest absolute Gasteiger partial charge is 0.490 e. The minimum absolute atomic E-state index is 0.628. The summed E-state index contributed by atoms with van der Waals surface area (Å²) in [4.78, 5) is 14.1. The maximum Gasteiger partial charge on any atom is 0.225 e. The van der Waals surface area contributed by atoms with E-state index in [1.54, 1.807) is 0 Å². The molecule has 156 valence electrons. The summed E-state index contributed by atoms with van der Waals surface area (Å²) in [5, 5.41) is 0. The van der Waals surface area contributed by atoms with Crippen molar-refractivity contribution in [2.75, 3.05) is 51.0 Å². The molecular formula is C22H30N4O3. The van der Waals surface area contributed by atoms with E-state index in [2.05, 4.69) is 26.9 Å². The molecule has 0 saturated carbocycles. The van der Waals surface area contributed by atoms with Gasteiger partial charge in [0.15, 0.2) is 11.5 Å². The zero-order valence-corrected chi connectivity index (χ0v) is 17.4. The molecule has 0 atom stereocenters. The summed E-state index contributed by atoms with van der Waals surface area (Å²) in [5.41, 5.74) is 3.63. The van der Waals surface area contributed by atoms with E-state index >= 15 is 0 Å². The first-order valence-electron chi connectivity index (χ1n) is 10.5. The smallest absolute Gasteiger partial charge is 0.225 e. The van der Waals surface area contributed by atoms with Gasteiger partial charge in [-0.15, -0.1) is 0 Å². The number of anilines is 1. The molecule has 7 heteroatoms. The average Bonchev–Trinajstić information content (AvgIpc) is 2.76. The van der Waals surface area contributed by atoms with Gasteiger partial charge in [0, 0.05) is 50.9 Å². The van der Waals surface area contributed by atoms with E-state index in [-0.39, 0.29) is 0 Å². The van der Waals surface area contributed by atoms with Crippen LogP contribution in [0.3, 0.4) is 0 Å². The summed E-state index contributed by atoms with van der Waals surface area (Å²) in [6.45, 7) is 11.2. The van der Waals surface area contributed by atoms with Gasteiger partial charge in [-0.05, 0) is 31.5 Å². The molecule has 2 aromatic rings. The lowest BCUT2D eigenvalue weighted by molar-refractivity contribution is 0.122. The Balaban J connectivity index is 1.43. The summed E-state index contributed by atoms with van der Waals surface area (Å²) in [5.74, 6) is 2.47. The minimum atomic E-state index is 0.628. The molecule has 1 fully saturated rings. The molecular weight excluding hydrogens is 368 g/mol. The fourth-order valence-corrected chi connectivity index (χ4v) is 3.87. The second-order valence-electron chi connectivity index (χ2n) is 7.35. The maximum absolute atomic E-state index is 5.77. The lowest BCUT2D eigenvalue weighted by Gasteiger charge is -2.30. The number of hydrogen-bond donors (Lipinski definition) is 0. The second kappa shape index (κ2) is 9.41. The molecule has 0 unspecified atom stereocenters. The third-order valence-electron chi connectivity index (χ3n) is 5.31. The van der Waals surface area contributed by atoms with Crippen molar-refractivity contribution in [2.45, 2.75) is 33.4 Å². The standard InChI is InChI=1S/C22H30N4O3/c1-3-28-20-6-5-17(13-21(20)29-4-2)15-25-8-7-19-18(16-25)14-23-22(24-19)26-9-11-27-12-10-26/h5-6,13-14H,3-4,7-12,15-16H2,1-2H3. The van der Waals surface area contributed by atoms with Crippen LogP contribution >= 0.6 is 0 Å². The monoisotopic (exact) mass is 398 g/mol. The van der Waals surface area contributed by atoms with Crippen molar-refractivity contribution in [3.8, 4) is 11.5 Å². The Labute approximate surface area is 172 Å². The van der Waals surface area contributed by atoms with E-state index in [1.807, 2.05) is 26.1 Å². The molecule has 4 rings (SSSR count). The van der Waals surface area contributed by atoms with E-state index in [9.17, 15) is 0 Å². The molecule has 0 amide bonds. The van der Waals surface area contributed by atoms with Crippen molar-refractivity contribution in [1.29, 1.82) is 0 Å². The second-order valence-corrected chi connectivity index (χ2v) is 7.35. The first-order chi connectivity index (χ1) is 14.3. The van der Waals surface area contributed by atoms with Gasteiger partial charge < -0.3 is 19.1 Å². The van der Waals surface area contributed by atoms with Crippen LogP contribution in [0.25, 0.3) is 0 Å². The number of ether oxygens (including phenoxy) is 3. The third kappa shape index (κ3) is 4.79. The first kappa shape index (κ1) is 19.9. The summed E-state index contributed by atoms with van der Waals surface area (Å²) in [6, 6.07) is 6.24. The fourth-order valence-electron chi connectivity index (χ4n) is 3.87. The molecule has 0 bridgehead atoms. The van der Waals surface area contributed by atoms with Gasteiger partial charge in [0.05, 0.1) is 32.1 Å². The Bertz CT molecular complexity index is 824. The Kier molecular flexibility index (Phi) is 6.46. The van der Waals surface area contributed by atoms with Crippen LogP contribution in [0, 0.1) is 0 Å². The van der Waals surface area contributed by atoms with Gasteiger partial charge in [0.1, 0.15) is 0 Å². The molecule has 29 heavy (non-hydrogen) atoms. The summed E-state index contributed by atoms with van der Waals surface area (Å²) < 4.78 is 16.9. The number of fused-ring (bicyclic) bond motifs is 1. The molecule has 1 aromatic carbocycles. The van der Waals surface area contributed by atoms with Crippen LogP contribution in [0.4, 0.5) is 5.95 Å². The molecule has 0 radical (unpaired) electrons. The highest BCUT2D eigenvalue weighted by Crippen LogP contribution is 2.30. The van der Waals surface area contributed by atoms with Crippen LogP contribution in [0.15, 0.2) is 24.4 Å². The van der Waals surface area contributed by atoms with Crippen LogP contribution < -0.4 is 14.4 Å². The summed E-state index contributed by atoms with van der Waals surface area (Å²) in [6.07, 6.45) is 2.95. The number of hydrogen-bond acceptors (Lipinski definition) is 7. The highest BCUT2D eigenvalue weighted by molar-refractivity contribution is 5.43. The van der Waals surface area contributed by atoms with Crippen LogP contribution in [-0.4, -0.2) is 60.9 Å². The third-order valence-corrected chi connectivity index (χ3v) is 5.31. The molecule has 1 saturated heterocycles. The number of aromatic nitrogens is 2. The predicted octanol–water partition coefficient (Wildman–Crippen LogP) is 2.67. The first-order valence-corrected chi connectivity index (χ1v) is 10.5. The normalized spacial score (nSPS) is 17.1. The minimum Gasteiger partial charge on any atom is -0.490 e. The highest BCUT2D eigenvalue weighted by Gasteiger charge is 2.21. The molecule has 1 aromatic heterocycles. The van der Waals surface area contributed by atoms with E-state index < -0.39 is 0 Å². The van der Waals surface area contributed by atoms with Crippen molar-refractivity contribution in [3.63, 3.8) is 0 Å². The van der Waals surface area contributed by atoms with Crippen molar-refractivity contribution in [3.05, 3.63) is 41.2 Å². The van der Waals surface area contributed by atoms with Gasteiger partial charge in [-0.25, -0.2) is 9.97 Å². The quantitative estimate of drug-likeness (QED) is 0.711. The molecule has 3 heterocycles. The molecule has 0 aliphatic carbocycles. The van der Waals surface area contributed by atoms with Gasteiger partial charge >= 0.3 is 0 Å². The van der Waals surface area contributed by atoms with Gasteiger partial charge in [-0.3, -0.25) is 4.90 Å². The molecule has 2 aliphatic rings. The molecule has 0 spiro atoms. The van der Waals surface area contributed by atoms with E-state index in [0.717, 1.165) is 69.8 Å². The van der Waals surface area contributed by atoms with E-state index in [1.165, 1.54) is 16.8 Å². The molecule has 2 aliphatic heterocycles. The predicted molar refractivity (Wildman–Crippen MR) is 112 cm³/mol. The molecule has 0 N–H and O–H groups in total. The van der Waals surface area contributed by atoms with Crippen molar-refractivity contribution < 1.29 is 14.2 Å². The maximum atomic E-state index is 5.77. The van der Waals surface area contributed by atoms with Crippen LogP contribution in [0.1, 0.15) is 30.7 Å². The summed E-state index contributed by atoms with van der Waals surface area (Å²) >= 11 is 0. The fraction of sp³-hybridized carbons (Fsp3) is 0.545. The zero-order chi connectivity index (χ0) is 20.1. The van der Waals surface area contributed by atoms with Gasteiger partial charge in [0.2, 0.25) is 5.95 Å². The number of morpholine rings is 1. The van der Waals surface area contributed by atoms with Crippen molar-refractivity contribution in [2.24, 2.45) is 0 Å². The Hall–Kier alpha value is -2.38. The highest BCUT2D eigenvalue weighted by atomic mass is 16.5. The Morgan fingerprint density at radius 2 is 1.83 bits per heavy atom. The van der Waals surface area contributed by atoms with Gasteiger partial charge in [-0.1, -0.05) is 6.07 Å².